The zero-order valence-electron chi connectivity index (χ0n) is 15.3. The van der Waals surface area contributed by atoms with Gasteiger partial charge in [0.2, 0.25) is 0 Å². The third kappa shape index (κ3) is 2.50. The number of aromatic hydroxyl groups is 1. The lowest BCUT2D eigenvalue weighted by Crippen LogP contribution is -2.11. The molecule has 3 heterocycles. The second-order valence-corrected chi connectivity index (χ2v) is 7.69. The standard InChI is InChI=1S/C21H24N4O/c1-12-13(2)21-17(10-20(12)26)16(14-4-5-14)9-18(23-21)19-8-15-11-22-6-3-7-25(15)24-19/h8-10,14,22,26H,3-7,11H2,1-2H3. The topological polar surface area (TPSA) is 63.0 Å². The number of hydrogen-bond acceptors (Lipinski definition) is 4. The number of pyridine rings is 1. The summed E-state index contributed by atoms with van der Waals surface area (Å²) in [5, 5.41) is 19.7. The van der Waals surface area contributed by atoms with Crippen molar-refractivity contribution in [2.24, 2.45) is 0 Å². The number of fused-ring (bicyclic) bond motifs is 2. The Bertz CT molecular complexity index is 993. The molecule has 3 aromatic rings. The Morgan fingerprint density at radius 1 is 1.12 bits per heavy atom. The fourth-order valence-corrected chi connectivity index (χ4v) is 3.98. The van der Waals surface area contributed by atoms with Gasteiger partial charge in [0.1, 0.15) is 11.4 Å². The number of benzene rings is 1. The van der Waals surface area contributed by atoms with Crippen LogP contribution in [0.3, 0.4) is 0 Å². The molecular weight excluding hydrogens is 324 g/mol. The number of hydrogen-bond donors (Lipinski definition) is 2. The molecule has 0 saturated heterocycles. The van der Waals surface area contributed by atoms with Crippen LogP contribution in [0.1, 0.15) is 47.6 Å². The van der Waals surface area contributed by atoms with E-state index in [0.29, 0.717) is 11.7 Å². The zero-order valence-corrected chi connectivity index (χ0v) is 15.3. The number of nitrogens with one attached hydrogen (secondary N) is 1. The Morgan fingerprint density at radius 2 is 1.96 bits per heavy atom. The summed E-state index contributed by atoms with van der Waals surface area (Å²) in [7, 11) is 0. The van der Waals surface area contributed by atoms with Gasteiger partial charge in [-0.2, -0.15) is 5.10 Å². The van der Waals surface area contributed by atoms with Gasteiger partial charge in [-0.25, -0.2) is 4.98 Å². The van der Waals surface area contributed by atoms with Gasteiger partial charge in [-0.3, -0.25) is 4.68 Å². The van der Waals surface area contributed by atoms with Gasteiger partial charge >= 0.3 is 0 Å². The Labute approximate surface area is 153 Å². The average molecular weight is 348 g/mol. The number of rotatable bonds is 2. The molecule has 1 aliphatic carbocycles. The molecule has 0 amide bonds. The number of phenolic OH excluding ortho intramolecular Hbond substituents is 1. The molecule has 5 nitrogen and oxygen atoms in total. The van der Waals surface area contributed by atoms with E-state index in [-0.39, 0.29) is 0 Å². The van der Waals surface area contributed by atoms with Crippen LogP contribution in [0.25, 0.3) is 22.3 Å². The predicted molar refractivity (Wildman–Crippen MR) is 102 cm³/mol. The van der Waals surface area contributed by atoms with Gasteiger partial charge in [0.15, 0.2) is 0 Å². The lowest BCUT2D eigenvalue weighted by molar-refractivity contribution is 0.471. The molecular formula is C21H24N4O. The van der Waals surface area contributed by atoms with Crippen molar-refractivity contribution < 1.29 is 5.11 Å². The Hall–Kier alpha value is -2.40. The Balaban J connectivity index is 1.71. The molecule has 1 saturated carbocycles. The molecule has 0 radical (unpaired) electrons. The summed E-state index contributed by atoms with van der Waals surface area (Å²) < 4.78 is 2.12. The summed E-state index contributed by atoms with van der Waals surface area (Å²) in [5.74, 6) is 0.953. The largest absolute Gasteiger partial charge is 0.508 e. The van der Waals surface area contributed by atoms with E-state index in [0.717, 1.165) is 59.5 Å². The first-order valence-electron chi connectivity index (χ1n) is 9.53. The molecule has 134 valence electrons. The smallest absolute Gasteiger partial charge is 0.119 e. The third-order valence-corrected chi connectivity index (χ3v) is 5.85. The van der Waals surface area contributed by atoms with Gasteiger partial charge in [-0.1, -0.05) is 0 Å². The van der Waals surface area contributed by atoms with Crippen LogP contribution in [0.15, 0.2) is 18.2 Å². The maximum absolute atomic E-state index is 10.3. The first-order chi connectivity index (χ1) is 12.6. The van der Waals surface area contributed by atoms with Crippen molar-refractivity contribution in [3.63, 3.8) is 0 Å². The van der Waals surface area contributed by atoms with E-state index in [1.165, 1.54) is 24.1 Å². The van der Waals surface area contributed by atoms with Gasteiger partial charge in [-0.05, 0) is 80.5 Å². The van der Waals surface area contributed by atoms with Crippen molar-refractivity contribution in [3.8, 4) is 17.1 Å². The molecule has 26 heavy (non-hydrogen) atoms. The van der Waals surface area contributed by atoms with Crippen LogP contribution in [-0.4, -0.2) is 26.4 Å². The monoisotopic (exact) mass is 348 g/mol. The van der Waals surface area contributed by atoms with Gasteiger partial charge in [-0.15, -0.1) is 0 Å². The van der Waals surface area contributed by atoms with E-state index < -0.39 is 0 Å². The molecule has 0 spiro atoms. The quantitative estimate of drug-likeness (QED) is 0.740. The van der Waals surface area contributed by atoms with E-state index in [1.807, 2.05) is 13.0 Å². The van der Waals surface area contributed by atoms with E-state index in [1.54, 1.807) is 0 Å². The molecule has 1 fully saturated rings. The second kappa shape index (κ2) is 5.81. The highest BCUT2D eigenvalue weighted by Gasteiger charge is 2.28. The molecule has 0 atom stereocenters. The molecule has 2 aliphatic rings. The van der Waals surface area contributed by atoms with Crippen LogP contribution in [0.4, 0.5) is 0 Å². The molecule has 5 rings (SSSR count). The van der Waals surface area contributed by atoms with Crippen LogP contribution >= 0.6 is 0 Å². The zero-order chi connectivity index (χ0) is 17.8. The highest BCUT2D eigenvalue weighted by molar-refractivity contribution is 5.90. The predicted octanol–water partition coefficient (Wildman–Crippen LogP) is 3.79. The van der Waals surface area contributed by atoms with Crippen molar-refractivity contribution in [1.29, 1.82) is 0 Å². The fraction of sp³-hybridized carbons (Fsp3) is 0.429. The SMILES string of the molecule is Cc1c(O)cc2c(C3CC3)cc(-c3cc4n(n3)CCCNC4)nc2c1C. The lowest BCUT2D eigenvalue weighted by atomic mass is 9.97. The first-order valence-corrected chi connectivity index (χ1v) is 9.53. The summed E-state index contributed by atoms with van der Waals surface area (Å²) in [6, 6.07) is 6.27. The third-order valence-electron chi connectivity index (χ3n) is 5.85. The van der Waals surface area contributed by atoms with Crippen molar-refractivity contribution in [2.45, 2.75) is 52.1 Å². The van der Waals surface area contributed by atoms with Crippen molar-refractivity contribution in [2.75, 3.05) is 6.54 Å². The molecule has 2 N–H and O–H groups in total. The maximum Gasteiger partial charge on any atom is 0.119 e. The van der Waals surface area contributed by atoms with Crippen LogP contribution < -0.4 is 5.32 Å². The summed E-state index contributed by atoms with van der Waals surface area (Å²) in [6.07, 6.45) is 3.54. The highest BCUT2D eigenvalue weighted by atomic mass is 16.3. The van der Waals surface area contributed by atoms with Gasteiger partial charge in [0.05, 0.1) is 16.9 Å². The molecule has 5 heteroatoms. The van der Waals surface area contributed by atoms with E-state index in [2.05, 4.69) is 29.1 Å². The van der Waals surface area contributed by atoms with Crippen molar-refractivity contribution >= 4 is 10.9 Å². The number of nitrogens with zero attached hydrogens (tertiary/aromatic N) is 3. The van der Waals surface area contributed by atoms with Gasteiger partial charge in [0, 0.05) is 18.5 Å². The molecule has 0 bridgehead atoms. The summed E-state index contributed by atoms with van der Waals surface area (Å²) in [6.45, 7) is 6.87. The van der Waals surface area contributed by atoms with Crippen molar-refractivity contribution in [1.82, 2.24) is 20.1 Å². The second-order valence-electron chi connectivity index (χ2n) is 7.69. The first kappa shape index (κ1) is 15.8. The average Bonchev–Trinajstić information content (AvgIpc) is 3.44. The van der Waals surface area contributed by atoms with Crippen LogP contribution in [0, 0.1) is 13.8 Å². The maximum atomic E-state index is 10.3. The van der Waals surface area contributed by atoms with Gasteiger partial charge in [0.25, 0.3) is 0 Å². The van der Waals surface area contributed by atoms with Gasteiger partial charge < -0.3 is 10.4 Å². The minimum atomic E-state index is 0.367. The molecule has 1 aliphatic heterocycles. The minimum absolute atomic E-state index is 0.367. The summed E-state index contributed by atoms with van der Waals surface area (Å²) in [5.41, 5.74) is 7.42. The van der Waals surface area contributed by atoms with E-state index >= 15 is 0 Å². The number of aryl methyl sites for hydroxylation is 2. The molecule has 0 unspecified atom stereocenters. The molecule has 2 aromatic heterocycles. The summed E-state index contributed by atoms with van der Waals surface area (Å²) >= 11 is 0. The van der Waals surface area contributed by atoms with Crippen LogP contribution in [-0.2, 0) is 13.1 Å². The van der Waals surface area contributed by atoms with E-state index in [9.17, 15) is 5.11 Å². The number of phenols is 1. The van der Waals surface area contributed by atoms with E-state index in [4.69, 9.17) is 10.1 Å². The Morgan fingerprint density at radius 3 is 2.77 bits per heavy atom. The minimum Gasteiger partial charge on any atom is -0.508 e. The lowest BCUT2D eigenvalue weighted by Gasteiger charge is -2.13. The number of aromatic nitrogens is 3. The van der Waals surface area contributed by atoms with Crippen LogP contribution in [0.2, 0.25) is 0 Å². The molecule has 1 aromatic carbocycles. The fourth-order valence-electron chi connectivity index (χ4n) is 3.98. The highest BCUT2D eigenvalue weighted by Crippen LogP contribution is 2.45. The van der Waals surface area contributed by atoms with Crippen molar-refractivity contribution in [3.05, 3.63) is 40.6 Å². The Kier molecular flexibility index (Phi) is 3.54. The van der Waals surface area contributed by atoms with Crippen LogP contribution in [0.5, 0.6) is 5.75 Å². The normalized spacial score (nSPS) is 17.3. The summed E-state index contributed by atoms with van der Waals surface area (Å²) in [4.78, 5) is 4.98.